The average Bonchev–Trinajstić information content (AvgIpc) is 3.41. The summed E-state index contributed by atoms with van der Waals surface area (Å²) >= 11 is 0. The van der Waals surface area contributed by atoms with Crippen LogP contribution < -0.4 is 15.1 Å². The first-order valence-electron chi connectivity index (χ1n) is 12.1. The maximum atomic E-state index is 14.6. The number of aryl methyl sites for hydroxylation is 1. The fourth-order valence-corrected chi connectivity index (χ4v) is 5.08. The van der Waals surface area contributed by atoms with E-state index in [1.54, 1.807) is 33.5 Å². The Morgan fingerprint density at radius 3 is 2.66 bits per heavy atom. The highest BCUT2D eigenvalue weighted by atomic mass is 35.5. The van der Waals surface area contributed by atoms with Gasteiger partial charge < -0.3 is 19.4 Å². The minimum Gasteiger partial charge on any atom is -0.450 e. The summed E-state index contributed by atoms with van der Waals surface area (Å²) in [7, 11) is 0. The molecule has 0 spiro atoms. The van der Waals surface area contributed by atoms with Crippen LogP contribution in [-0.4, -0.2) is 69.7 Å². The molecule has 0 bridgehead atoms. The van der Waals surface area contributed by atoms with Gasteiger partial charge in [0.2, 0.25) is 0 Å². The number of fused-ring (bicyclic) bond motifs is 2. The van der Waals surface area contributed by atoms with Crippen LogP contribution in [0.15, 0.2) is 30.7 Å². The summed E-state index contributed by atoms with van der Waals surface area (Å²) in [5.74, 6) is 0.0138. The summed E-state index contributed by atoms with van der Waals surface area (Å²) in [6.45, 7) is 10.2. The number of imidazole rings is 1. The van der Waals surface area contributed by atoms with Gasteiger partial charge in [-0.25, -0.2) is 23.9 Å². The van der Waals surface area contributed by atoms with Crippen molar-refractivity contribution in [3.63, 3.8) is 0 Å². The molecule has 2 aliphatic heterocycles. The predicted molar refractivity (Wildman–Crippen MR) is 149 cm³/mol. The molecule has 0 unspecified atom stereocenters. The highest BCUT2D eigenvalue weighted by molar-refractivity contribution is 6.03. The Bertz CT molecular complexity index is 1350. The van der Waals surface area contributed by atoms with Crippen molar-refractivity contribution in [2.24, 2.45) is 0 Å². The highest BCUT2D eigenvalue weighted by Gasteiger charge is 2.39. The molecule has 1 fully saturated rings. The zero-order valence-corrected chi connectivity index (χ0v) is 23.4. The molecule has 0 saturated carbocycles. The van der Waals surface area contributed by atoms with Gasteiger partial charge in [0.05, 0.1) is 23.5 Å². The molecule has 10 nitrogen and oxygen atoms in total. The van der Waals surface area contributed by atoms with Crippen molar-refractivity contribution in [2.75, 3.05) is 47.9 Å². The molecule has 38 heavy (non-hydrogen) atoms. The van der Waals surface area contributed by atoms with Gasteiger partial charge >= 0.3 is 12.1 Å². The lowest BCUT2D eigenvalue weighted by molar-refractivity contribution is 0.0591. The van der Waals surface area contributed by atoms with Crippen LogP contribution in [0.4, 0.5) is 31.2 Å². The van der Waals surface area contributed by atoms with Crippen molar-refractivity contribution in [2.45, 2.75) is 39.7 Å². The van der Waals surface area contributed by atoms with Crippen LogP contribution in [0.3, 0.4) is 0 Å². The van der Waals surface area contributed by atoms with Gasteiger partial charge in [-0.2, -0.15) is 0 Å². The third-order valence-electron chi connectivity index (χ3n) is 6.73. The molecule has 0 atom stereocenters. The number of hydrogen-bond acceptors (Lipinski definition) is 6. The third-order valence-corrected chi connectivity index (χ3v) is 6.73. The number of halogens is 3. The minimum absolute atomic E-state index is 0. The first kappa shape index (κ1) is 29.2. The Kier molecular flexibility index (Phi) is 8.62. The number of carbonyl (C=O) groups excluding carboxylic acids is 2. The number of pyridine rings is 2. The van der Waals surface area contributed by atoms with Crippen molar-refractivity contribution >= 4 is 59.8 Å². The fraction of sp³-hybridized carbons (Fsp3) is 0.440. The molecule has 5 rings (SSSR count). The van der Waals surface area contributed by atoms with Crippen molar-refractivity contribution in [1.82, 2.24) is 19.3 Å². The molecular weight excluding hydrogens is 536 g/mol. The van der Waals surface area contributed by atoms with Gasteiger partial charge in [-0.15, -0.1) is 24.8 Å². The van der Waals surface area contributed by atoms with Crippen molar-refractivity contribution in [3.8, 4) is 0 Å². The second-order valence-electron chi connectivity index (χ2n) is 9.73. The van der Waals surface area contributed by atoms with Gasteiger partial charge in [0.15, 0.2) is 5.82 Å². The van der Waals surface area contributed by atoms with Crippen LogP contribution in [-0.2, 0) is 11.2 Å². The Morgan fingerprint density at radius 1 is 1.18 bits per heavy atom. The molecule has 1 N–H and O–H groups in total. The number of carbonyl (C=O) groups is 2. The molecule has 1 saturated heterocycles. The predicted octanol–water partition coefficient (Wildman–Crippen LogP) is 4.67. The van der Waals surface area contributed by atoms with E-state index < -0.39 is 17.4 Å². The fourth-order valence-electron chi connectivity index (χ4n) is 5.08. The molecule has 0 aliphatic carbocycles. The topological polar surface area (TPSA) is 95.3 Å². The quantitative estimate of drug-likeness (QED) is 0.494. The maximum Gasteiger partial charge on any atom is 0.410 e. The number of nitrogens with one attached hydrogen (secondary N) is 1. The number of aromatic nitrogens is 3. The van der Waals surface area contributed by atoms with Crippen LogP contribution in [0.1, 0.15) is 32.0 Å². The summed E-state index contributed by atoms with van der Waals surface area (Å²) in [5, 5.41) is 2.69. The van der Waals surface area contributed by atoms with Crippen molar-refractivity contribution in [3.05, 3.63) is 47.8 Å². The van der Waals surface area contributed by atoms with Gasteiger partial charge in [0.25, 0.3) is 0 Å². The summed E-state index contributed by atoms with van der Waals surface area (Å²) in [4.78, 5) is 39.8. The highest BCUT2D eigenvalue weighted by Crippen LogP contribution is 2.36. The second kappa shape index (κ2) is 11.2. The van der Waals surface area contributed by atoms with Gasteiger partial charge in [-0.05, 0) is 40.2 Å². The van der Waals surface area contributed by atoms with E-state index in [1.165, 1.54) is 12.3 Å². The molecule has 3 amide bonds. The van der Waals surface area contributed by atoms with E-state index in [1.807, 2.05) is 26.8 Å². The molecule has 0 radical (unpaired) electrons. The van der Waals surface area contributed by atoms with E-state index in [4.69, 9.17) is 4.74 Å². The number of piperazine rings is 1. The SMILES string of the molecule is CCOC(=O)N1CCN(c2ccnc3c2CCN3C(=O)Nc2cn3cc(C)nc3cc2F)CC1(C)C.Cl.Cl. The molecule has 13 heteroatoms. The summed E-state index contributed by atoms with van der Waals surface area (Å²) < 4.78 is 21.6. The maximum absolute atomic E-state index is 14.6. The average molecular weight is 568 g/mol. The summed E-state index contributed by atoms with van der Waals surface area (Å²) in [6.07, 6.45) is 5.31. The number of anilines is 3. The van der Waals surface area contributed by atoms with Crippen molar-refractivity contribution < 1.29 is 18.7 Å². The third kappa shape index (κ3) is 5.30. The van der Waals surface area contributed by atoms with Crippen molar-refractivity contribution in [1.29, 1.82) is 0 Å². The normalized spacial score (nSPS) is 16.0. The minimum atomic E-state index is -0.552. The Hall–Kier alpha value is -3.31. The number of hydrogen-bond donors (Lipinski definition) is 1. The molecule has 0 aromatic carbocycles. The largest absolute Gasteiger partial charge is 0.450 e. The molecule has 3 aromatic rings. The first-order chi connectivity index (χ1) is 17.2. The Labute approximate surface area is 233 Å². The molecule has 2 aliphatic rings. The van der Waals surface area contributed by atoms with E-state index in [0.29, 0.717) is 50.7 Å². The second-order valence-corrected chi connectivity index (χ2v) is 9.73. The summed E-state index contributed by atoms with van der Waals surface area (Å²) in [5.41, 5.74) is 2.84. The first-order valence-corrected chi connectivity index (χ1v) is 12.1. The molecule has 5 heterocycles. The van der Waals surface area contributed by atoms with Gasteiger partial charge in [-0.1, -0.05) is 0 Å². The molecule has 206 valence electrons. The van der Waals surface area contributed by atoms with Crippen LogP contribution in [0.2, 0.25) is 0 Å². The van der Waals surface area contributed by atoms with E-state index in [0.717, 1.165) is 16.9 Å². The zero-order valence-electron chi connectivity index (χ0n) is 21.7. The lowest BCUT2D eigenvalue weighted by atomic mass is 9.98. The van der Waals surface area contributed by atoms with Gasteiger partial charge in [-0.3, -0.25) is 9.80 Å². The summed E-state index contributed by atoms with van der Waals surface area (Å²) in [6, 6.07) is 2.81. The Balaban J connectivity index is 0.00000200. The van der Waals surface area contributed by atoms with Gasteiger partial charge in [0, 0.05) is 62.1 Å². The zero-order chi connectivity index (χ0) is 25.6. The monoisotopic (exact) mass is 567 g/mol. The smallest absolute Gasteiger partial charge is 0.410 e. The number of rotatable bonds is 3. The van der Waals surface area contributed by atoms with Gasteiger partial charge in [0.1, 0.15) is 11.5 Å². The number of ether oxygens (including phenoxy) is 1. The lowest BCUT2D eigenvalue weighted by Gasteiger charge is -2.47. The van der Waals surface area contributed by atoms with E-state index in [-0.39, 0.29) is 36.6 Å². The van der Waals surface area contributed by atoms with E-state index in [9.17, 15) is 14.0 Å². The molecule has 3 aromatic heterocycles. The standard InChI is InChI=1S/C25H30FN7O3.2ClH/c1-5-36-24(35)33-11-10-30(15-25(33,3)4)20-6-8-27-22-17(20)7-9-32(22)23(34)29-19-14-31-13-16(2)28-21(31)12-18(19)26;;/h6,8,12-14H,5,7,9-11,15H2,1-4H3,(H,29,34);2*1H. The van der Waals surface area contributed by atoms with Crippen LogP contribution in [0, 0.1) is 12.7 Å². The van der Waals surface area contributed by atoms with Crippen LogP contribution >= 0.6 is 24.8 Å². The number of amides is 3. The number of nitrogens with zero attached hydrogens (tertiary/aromatic N) is 6. The van der Waals surface area contributed by atoms with Crippen LogP contribution in [0.25, 0.3) is 5.65 Å². The van der Waals surface area contributed by atoms with E-state index >= 15 is 0 Å². The van der Waals surface area contributed by atoms with Crippen LogP contribution in [0.5, 0.6) is 0 Å². The Morgan fingerprint density at radius 2 is 1.95 bits per heavy atom. The number of urea groups is 1. The van der Waals surface area contributed by atoms with E-state index in [2.05, 4.69) is 20.2 Å². The molecular formula is C25H32Cl2FN7O3. The lowest BCUT2D eigenvalue weighted by Crippen LogP contribution is -2.61.